The summed E-state index contributed by atoms with van der Waals surface area (Å²) in [5.41, 5.74) is 0. The van der Waals surface area contributed by atoms with Crippen LogP contribution in [0.1, 0.15) is 13.3 Å². The van der Waals surface area contributed by atoms with Gasteiger partial charge in [0, 0.05) is 6.42 Å². The van der Waals surface area contributed by atoms with Gasteiger partial charge in [0.05, 0.1) is 0 Å². The van der Waals surface area contributed by atoms with E-state index >= 15 is 0 Å². The topological polar surface area (TPSA) is 17.1 Å². The first-order valence-corrected chi connectivity index (χ1v) is 9.44. The van der Waals surface area contributed by atoms with Crippen LogP contribution in [0, 0.1) is 0 Å². The Balaban J connectivity index is 2.41. The molecule has 0 aliphatic rings. The van der Waals surface area contributed by atoms with Crippen molar-refractivity contribution in [3.05, 3.63) is 60.7 Å². The molecule has 98 valence electrons. The third-order valence-corrected chi connectivity index (χ3v) is 8.26. The number of carbonyl (C=O) groups is 1. The number of carbonyl (C=O) groups excluding carboxylic acids is 1. The van der Waals surface area contributed by atoms with Crippen molar-refractivity contribution >= 4 is 24.2 Å². The van der Waals surface area contributed by atoms with Crippen LogP contribution < -0.4 is 10.4 Å². The minimum absolute atomic E-state index is 0.283. The predicted octanol–water partition coefficient (Wildman–Crippen LogP) is 2.86. The molecular formula is C17H20OSi. The molecule has 2 aromatic rings. The van der Waals surface area contributed by atoms with Crippen LogP contribution in [0.5, 0.6) is 0 Å². The molecular weight excluding hydrogens is 248 g/mol. The van der Waals surface area contributed by atoms with E-state index in [4.69, 9.17) is 0 Å². The molecule has 0 bridgehead atoms. The smallest absolute Gasteiger partial charge is 0.129 e. The SMILES string of the molecule is CC(=O)CC[Si](C)(c1ccccc1)c1ccccc1. The molecule has 0 aliphatic heterocycles. The summed E-state index contributed by atoms with van der Waals surface area (Å²) in [5, 5.41) is 2.81. The Morgan fingerprint density at radius 2 is 1.32 bits per heavy atom. The summed E-state index contributed by atoms with van der Waals surface area (Å²) in [5.74, 6) is 0.283. The van der Waals surface area contributed by atoms with Crippen molar-refractivity contribution in [1.82, 2.24) is 0 Å². The van der Waals surface area contributed by atoms with Crippen LogP contribution in [-0.4, -0.2) is 13.9 Å². The maximum Gasteiger partial charge on any atom is 0.129 e. The second-order valence-corrected chi connectivity index (χ2v) is 9.59. The number of Topliss-reactive ketones (excluding diaryl/α,β-unsaturated/α-hetero) is 1. The lowest BCUT2D eigenvalue weighted by Crippen LogP contribution is -2.55. The highest BCUT2D eigenvalue weighted by atomic mass is 28.3. The second-order valence-electron chi connectivity index (χ2n) is 5.27. The molecule has 19 heavy (non-hydrogen) atoms. The molecule has 0 aliphatic carbocycles. The van der Waals surface area contributed by atoms with Gasteiger partial charge in [0.25, 0.3) is 0 Å². The van der Waals surface area contributed by atoms with E-state index in [1.165, 1.54) is 10.4 Å². The summed E-state index contributed by atoms with van der Waals surface area (Å²) < 4.78 is 0. The number of hydrogen-bond donors (Lipinski definition) is 0. The van der Waals surface area contributed by atoms with Crippen LogP contribution in [0.3, 0.4) is 0 Å². The van der Waals surface area contributed by atoms with Gasteiger partial charge in [-0.05, 0) is 13.0 Å². The minimum atomic E-state index is -1.79. The van der Waals surface area contributed by atoms with E-state index in [2.05, 4.69) is 55.1 Å². The Hall–Kier alpha value is -1.67. The highest BCUT2D eigenvalue weighted by Crippen LogP contribution is 2.14. The highest BCUT2D eigenvalue weighted by Gasteiger charge is 2.31. The van der Waals surface area contributed by atoms with Gasteiger partial charge in [0.15, 0.2) is 0 Å². The Morgan fingerprint density at radius 1 is 0.895 bits per heavy atom. The number of rotatable bonds is 5. The first kappa shape index (κ1) is 13.8. The number of benzene rings is 2. The van der Waals surface area contributed by atoms with E-state index in [1.807, 2.05) is 12.1 Å². The third-order valence-electron chi connectivity index (χ3n) is 3.80. The van der Waals surface area contributed by atoms with Gasteiger partial charge in [-0.1, -0.05) is 77.6 Å². The van der Waals surface area contributed by atoms with Gasteiger partial charge in [-0.15, -0.1) is 0 Å². The van der Waals surface area contributed by atoms with E-state index in [9.17, 15) is 4.79 Å². The largest absolute Gasteiger partial charge is 0.300 e. The van der Waals surface area contributed by atoms with E-state index in [0.29, 0.717) is 6.42 Å². The van der Waals surface area contributed by atoms with Crippen molar-refractivity contribution in [2.24, 2.45) is 0 Å². The molecule has 0 fully saturated rings. The van der Waals surface area contributed by atoms with Crippen molar-refractivity contribution in [3.63, 3.8) is 0 Å². The van der Waals surface area contributed by atoms with Gasteiger partial charge in [-0.2, -0.15) is 0 Å². The van der Waals surface area contributed by atoms with E-state index in [0.717, 1.165) is 6.04 Å². The molecule has 2 heteroatoms. The van der Waals surface area contributed by atoms with Crippen LogP contribution in [0.2, 0.25) is 12.6 Å². The van der Waals surface area contributed by atoms with Crippen molar-refractivity contribution in [2.45, 2.75) is 25.9 Å². The minimum Gasteiger partial charge on any atom is -0.300 e. The molecule has 1 nitrogen and oxygen atoms in total. The average Bonchev–Trinajstić information content (AvgIpc) is 2.46. The number of hydrogen-bond acceptors (Lipinski definition) is 1. The molecule has 2 aromatic carbocycles. The van der Waals surface area contributed by atoms with Crippen molar-refractivity contribution < 1.29 is 4.79 Å². The second kappa shape index (κ2) is 5.98. The predicted molar refractivity (Wildman–Crippen MR) is 83.9 cm³/mol. The molecule has 2 rings (SSSR count). The zero-order chi connectivity index (χ0) is 13.7. The van der Waals surface area contributed by atoms with Crippen LogP contribution in [0.4, 0.5) is 0 Å². The maximum absolute atomic E-state index is 11.4. The first-order chi connectivity index (χ1) is 9.13. The highest BCUT2D eigenvalue weighted by molar-refractivity contribution is 7.01. The van der Waals surface area contributed by atoms with Crippen molar-refractivity contribution in [3.8, 4) is 0 Å². The summed E-state index contributed by atoms with van der Waals surface area (Å²) >= 11 is 0. The van der Waals surface area contributed by atoms with Crippen molar-refractivity contribution in [2.75, 3.05) is 0 Å². The van der Waals surface area contributed by atoms with Crippen molar-refractivity contribution in [1.29, 1.82) is 0 Å². The maximum atomic E-state index is 11.4. The molecule has 0 atom stereocenters. The quantitative estimate of drug-likeness (QED) is 0.762. The normalized spacial score (nSPS) is 11.3. The lowest BCUT2D eigenvalue weighted by atomic mass is 10.3. The Bertz CT molecular complexity index is 494. The molecule has 0 aromatic heterocycles. The number of ketones is 1. The van der Waals surface area contributed by atoms with Gasteiger partial charge >= 0.3 is 0 Å². The zero-order valence-corrected chi connectivity index (χ0v) is 12.6. The summed E-state index contributed by atoms with van der Waals surface area (Å²) in [6, 6.07) is 22.3. The first-order valence-electron chi connectivity index (χ1n) is 6.73. The molecule has 0 saturated carbocycles. The van der Waals surface area contributed by atoms with Gasteiger partial charge in [0.1, 0.15) is 13.9 Å². The Labute approximate surface area is 116 Å². The molecule has 0 radical (unpaired) electrons. The van der Waals surface area contributed by atoms with Gasteiger partial charge in [-0.3, -0.25) is 0 Å². The van der Waals surface area contributed by atoms with Gasteiger partial charge < -0.3 is 4.79 Å². The van der Waals surface area contributed by atoms with Crippen LogP contribution in [-0.2, 0) is 4.79 Å². The van der Waals surface area contributed by atoms with Gasteiger partial charge in [0.2, 0.25) is 0 Å². The van der Waals surface area contributed by atoms with Gasteiger partial charge in [-0.25, -0.2) is 0 Å². The summed E-state index contributed by atoms with van der Waals surface area (Å²) in [4.78, 5) is 11.4. The summed E-state index contributed by atoms with van der Waals surface area (Å²) in [6.07, 6.45) is 0.673. The standard InChI is InChI=1S/C17H20OSi/c1-15(18)13-14-19(2,16-9-5-3-6-10-16)17-11-7-4-8-12-17/h3-12H,13-14H2,1-2H3. The molecule has 0 saturated heterocycles. The lowest BCUT2D eigenvalue weighted by Gasteiger charge is -2.28. The molecule has 0 spiro atoms. The van der Waals surface area contributed by atoms with Crippen LogP contribution >= 0.6 is 0 Å². The molecule has 0 heterocycles. The van der Waals surface area contributed by atoms with E-state index < -0.39 is 8.07 Å². The Kier molecular flexibility index (Phi) is 4.33. The Morgan fingerprint density at radius 3 is 1.68 bits per heavy atom. The fraction of sp³-hybridized carbons (Fsp3) is 0.235. The van der Waals surface area contributed by atoms with E-state index in [-0.39, 0.29) is 5.78 Å². The van der Waals surface area contributed by atoms with Crippen LogP contribution in [0.15, 0.2) is 60.7 Å². The lowest BCUT2D eigenvalue weighted by molar-refractivity contribution is -0.116. The van der Waals surface area contributed by atoms with E-state index in [1.54, 1.807) is 6.92 Å². The fourth-order valence-electron chi connectivity index (χ4n) is 2.49. The average molecular weight is 268 g/mol. The zero-order valence-electron chi connectivity index (χ0n) is 11.6. The fourth-order valence-corrected chi connectivity index (χ4v) is 6.11. The third kappa shape index (κ3) is 3.21. The van der Waals surface area contributed by atoms with Crippen LogP contribution in [0.25, 0.3) is 0 Å². The molecule has 0 N–H and O–H groups in total. The summed E-state index contributed by atoms with van der Waals surface area (Å²) in [6.45, 7) is 4.05. The molecule has 0 amide bonds. The summed E-state index contributed by atoms with van der Waals surface area (Å²) in [7, 11) is -1.79. The molecule has 0 unspecified atom stereocenters. The monoisotopic (exact) mass is 268 g/mol.